The van der Waals surface area contributed by atoms with E-state index < -0.39 is 0 Å². The van der Waals surface area contributed by atoms with Crippen LogP contribution in [0.1, 0.15) is 0 Å². The van der Waals surface area contributed by atoms with Crippen molar-refractivity contribution in [1.82, 2.24) is 15.0 Å². The van der Waals surface area contributed by atoms with E-state index in [1.54, 1.807) is 36.8 Å². The van der Waals surface area contributed by atoms with Crippen molar-refractivity contribution in [3.05, 3.63) is 61.1 Å². The Labute approximate surface area is 110 Å². The summed E-state index contributed by atoms with van der Waals surface area (Å²) in [5, 5.41) is 9.77. The minimum atomic E-state index is 0.197. The number of phenolic OH excluding ortho intramolecular Hbond substituents is 1. The molecule has 3 rings (SSSR count). The van der Waals surface area contributed by atoms with Crippen molar-refractivity contribution in [3.8, 4) is 28.4 Å². The van der Waals surface area contributed by atoms with Gasteiger partial charge in [-0.15, -0.1) is 0 Å². The van der Waals surface area contributed by atoms with E-state index in [2.05, 4.69) is 15.0 Å². The quantitative estimate of drug-likeness (QED) is 0.758. The molecule has 0 aliphatic rings. The number of rotatable bonds is 2. The second kappa shape index (κ2) is 4.86. The first kappa shape index (κ1) is 11.3. The lowest BCUT2D eigenvalue weighted by Gasteiger charge is -2.04. The number of phenols is 1. The maximum absolute atomic E-state index is 9.77. The highest BCUT2D eigenvalue weighted by Gasteiger charge is 2.06. The molecule has 0 radical (unpaired) electrons. The van der Waals surface area contributed by atoms with E-state index >= 15 is 0 Å². The van der Waals surface area contributed by atoms with Gasteiger partial charge < -0.3 is 5.11 Å². The van der Waals surface area contributed by atoms with Gasteiger partial charge in [0, 0.05) is 11.8 Å². The largest absolute Gasteiger partial charge is 0.507 e. The number of nitrogens with zero attached hydrogens (tertiary/aromatic N) is 3. The molecule has 2 aromatic heterocycles. The molecule has 4 nitrogen and oxygen atoms in total. The van der Waals surface area contributed by atoms with E-state index in [4.69, 9.17) is 0 Å². The van der Waals surface area contributed by atoms with Gasteiger partial charge in [0.2, 0.25) is 0 Å². The van der Waals surface area contributed by atoms with Crippen LogP contribution in [-0.4, -0.2) is 20.1 Å². The molecule has 3 aromatic rings. The Hall–Kier alpha value is -2.75. The number of hydrogen-bond acceptors (Lipinski definition) is 4. The van der Waals surface area contributed by atoms with Gasteiger partial charge in [0.05, 0.1) is 23.8 Å². The maximum atomic E-state index is 9.77. The smallest absolute Gasteiger partial charge is 0.125 e. The molecular weight excluding hydrogens is 238 g/mol. The number of aromatic hydroxyl groups is 1. The van der Waals surface area contributed by atoms with Gasteiger partial charge in [-0.2, -0.15) is 0 Å². The Morgan fingerprint density at radius 3 is 2.11 bits per heavy atom. The summed E-state index contributed by atoms with van der Waals surface area (Å²) in [6.07, 6.45) is 5.01. The molecule has 0 saturated heterocycles. The van der Waals surface area contributed by atoms with E-state index in [0.29, 0.717) is 17.0 Å². The molecule has 4 heteroatoms. The zero-order chi connectivity index (χ0) is 13.1. The van der Waals surface area contributed by atoms with Crippen molar-refractivity contribution >= 4 is 0 Å². The Morgan fingerprint density at radius 2 is 1.42 bits per heavy atom. The van der Waals surface area contributed by atoms with Gasteiger partial charge in [-0.05, 0) is 24.3 Å². The molecule has 2 heterocycles. The van der Waals surface area contributed by atoms with Crippen LogP contribution in [0.2, 0.25) is 0 Å². The summed E-state index contributed by atoms with van der Waals surface area (Å²) in [6.45, 7) is 0. The van der Waals surface area contributed by atoms with Crippen LogP contribution in [0.3, 0.4) is 0 Å². The van der Waals surface area contributed by atoms with E-state index in [-0.39, 0.29) is 5.75 Å². The SMILES string of the molecule is Oc1ccccc1-c1cnc(-c2ccccn2)cn1. The molecule has 0 bridgehead atoms. The monoisotopic (exact) mass is 249 g/mol. The zero-order valence-electron chi connectivity index (χ0n) is 10.1. The number of para-hydroxylation sites is 1. The van der Waals surface area contributed by atoms with Crippen LogP contribution < -0.4 is 0 Å². The summed E-state index contributed by atoms with van der Waals surface area (Å²) in [6, 6.07) is 12.7. The second-order valence-electron chi connectivity index (χ2n) is 4.02. The summed E-state index contributed by atoms with van der Waals surface area (Å²) >= 11 is 0. The topological polar surface area (TPSA) is 58.9 Å². The average Bonchev–Trinajstić information content (AvgIpc) is 2.49. The highest BCUT2D eigenvalue weighted by Crippen LogP contribution is 2.26. The van der Waals surface area contributed by atoms with E-state index in [1.165, 1.54) is 0 Å². The van der Waals surface area contributed by atoms with Gasteiger partial charge in [0.25, 0.3) is 0 Å². The third-order valence-corrected chi connectivity index (χ3v) is 2.76. The van der Waals surface area contributed by atoms with Crippen LogP contribution in [0, 0.1) is 0 Å². The summed E-state index contributed by atoms with van der Waals surface area (Å²) in [5.41, 5.74) is 2.79. The number of benzene rings is 1. The molecule has 0 amide bonds. The molecule has 0 spiro atoms. The lowest BCUT2D eigenvalue weighted by Crippen LogP contribution is -1.91. The van der Waals surface area contributed by atoms with Crippen molar-refractivity contribution in [1.29, 1.82) is 0 Å². The van der Waals surface area contributed by atoms with Crippen LogP contribution >= 0.6 is 0 Å². The normalized spacial score (nSPS) is 10.3. The van der Waals surface area contributed by atoms with Gasteiger partial charge in [-0.1, -0.05) is 18.2 Å². The van der Waals surface area contributed by atoms with Crippen LogP contribution in [0.15, 0.2) is 61.1 Å². The fraction of sp³-hybridized carbons (Fsp3) is 0. The average molecular weight is 249 g/mol. The first-order chi connectivity index (χ1) is 9.34. The highest BCUT2D eigenvalue weighted by molar-refractivity contribution is 5.66. The maximum Gasteiger partial charge on any atom is 0.125 e. The molecule has 0 aliphatic carbocycles. The first-order valence-corrected chi connectivity index (χ1v) is 5.86. The van der Waals surface area contributed by atoms with Gasteiger partial charge in [-0.25, -0.2) is 0 Å². The third-order valence-electron chi connectivity index (χ3n) is 2.76. The molecule has 1 N–H and O–H groups in total. The van der Waals surface area contributed by atoms with Crippen LogP contribution in [0.5, 0.6) is 5.75 Å². The Kier molecular flexibility index (Phi) is 2.90. The predicted molar refractivity (Wildman–Crippen MR) is 72.4 cm³/mol. The number of aromatic nitrogens is 3. The highest BCUT2D eigenvalue weighted by atomic mass is 16.3. The number of pyridine rings is 1. The molecule has 0 atom stereocenters. The van der Waals surface area contributed by atoms with Crippen molar-refractivity contribution in [2.75, 3.05) is 0 Å². The van der Waals surface area contributed by atoms with E-state index in [0.717, 1.165) is 5.69 Å². The summed E-state index contributed by atoms with van der Waals surface area (Å²) in [7, 11) is 0. The molecule has 19 heavy (non-hydrogen) atoms. The lowest BCUT2D eigenvalue weighted by atomic mass is 10.1. The second-order valence-corrected chi connectivity index (χ2v) is 4.02. The Morgan fingerprint density at radius 1 is 0.684 bits per heavy atom. The summed E-state index contributed by atoms with van der Waals surface area (Å²) < 4.78 is 0. The predicted octanol–water partition coefficient (Wildman–Crippen LogP) is 2.91. The lowest BCUT2D eigenvalue weighted by molar-refractivity contribution is 0.477. The van der Waals surface area contributed by atoms with Crippen LogP contribution in [-0.2, 0) is 0 Å². The molecule has 0 unspecified atom stereocenters. The Bertz CT molecular complexity index is 681. The molecule has 1 aromatic carbocycles. The Balaban J connectivity index is 1.98. The van der Waals surface area contributed by atoms with E-state index in [9.17, 15) is 5.11 Å². The molecular formula is C15H11N3O. The van der Waals surface area contributed by atoms with Gasteiger partial charge >= 0.3 is 0 Å². The first-order valence-electron chi connectivity index (χ1n) is 5.86. The van der Waals surface area contributed by atoms with E-state index in [1.807, 2.05) is 24.3 Å². The fourth-order valence-electron chi connectivity index (χ4n) is 1.80. The fourth-order valence-corrected chi connectivity index (χ4v) is 1.80. The van der Waals surface area contributed by atoms with Crippen molar-refractivity contribution in [2.24, 2.45) is 0 Å². The van der Waals surface area contributed by atoms with Crippen LogP contribution in [0.25, 0.3) is 22.6 Å². The van der Waals surface area contributed by atoms with Gasteiger partial charge in [-0.3, -0.25) is 15.0 Å². The summed E-state index contributed by atoms with van der Waals surface area (Å²) in [5.74, 6) is 0.197. The minimum Gasteiger partial charge on any atom is -0.507 e. The molecule has 92 valence electrons. The van der Waals surface area contributed by atoms with Gasteiger partial charge in [0.1, 0.15) is 11.4 Å². The standard InChI is InChI=1S/C15H11N3O/c19-15-7-2-1-5-11(15)13-9-18-14(10-17-13)12-6-3-4-8-16-12/h1-10,19H. The molecule has 0 fully saturated rings. The van der Waals surface area contributed by atoms with Crippen molar-refractivity contribution in [2.45, 2.75) is 0 Å². The van der Waals surface area contributed by atoms with Crippen molar-refractivity contribution < 1.29 is 5.11 Å². The van der Waals surface area contributed by atoms with Crippen molar-refractivity contribution in [3.63, 3.8) is 0 Å². The zero-order valence-corrected chi connectivity index (χ0v) is 10.1. The number of hydrogen-bond donors (Lipinski definition) is 1. The minimum absolute atomic E-state index is 0.197. The third kappa shape index (κ3) is 2.28. The van der Waals surface area contributed by atoms with Gasteiger partial charge in [0.15, 0.2) is 0 Å². The summed E-state index contributed by atoms with van der Waals surface area (Å²) in [4.78, 5) is 12.9. The molecule has 0 saturated carbocycles. The van der Waals surface area contributed by atoms with Crippen LogP contribution in [0.4, 0.5) is 0 Å². The molecule has 0 aliphatic heterocycles.